The van der Waals surface area contributed by atoms with Crippen molar-refractivity contribution in [1.82, 2.24) is 5.32 Å². The van der Waals surface area contributed by atoms with Crippen LogP contribution in [0.5, 0.6) is 0 Å². The molecule has 1 aliphatic rings. The lowest BCUT2D eigenvalue weighted by atomic mass is 9.77. The predicted octanol–water partition coefficient (Wildman–Crippen LogP) is 4.85. The van der Waals surface area contributed by atoms with E-state index in [1.54, 1.807) is 0 Å². The summed E-state index contributed by atoms with van der Waals surface area (Å²) < 4.78 is 0. The van der Waals surface area contributed by atoms with Crippen LogP contribution in [0.4, 0.5) is 0 Å². The van der Waals surface area contributed by atoms with Crippen molar-refractivity contribution in [2.45, 2.75) is 18.3 Å². The van der Waals surface area contributed by atoms with E-state index >= 15 is 0 Å². The molecule has 2 aromatic carbocycles. The number of hydrogen-bond donors (Lipinski definition) is 1. The maximum absolute atomic E-state index is 6.43. The minimum Gasteiger partial charge on any atom is -0.316 e. The molecular formula is C17H17Cl2N. The molecule has 3 heteroatoms. The van der Waals surface area contributed by atoms with Crippen LogP contribution in [0.1, 0.15) is 29.4 Å². The minimum absolute atomic E-state index is 0.421. The van der Waals surface area contributed by atoms with Gasteiger partial charge in [-0.2, -0.15) is 0 Å². The average molecular weight is 306 g/mol. The summed E-state index contributed by atoms with van der Waals surface area (Å²) in [6.45, 7) is 2.01. The molecule has 1 heterocycles. The lowest BCUT2D eigenvalue weighted by molar-refractivity contribution is 0.404. The van der Waals surface area contributed by atoms with Crippen molar-refractivity contribution in [2.75, 3.05) is 13.1 Å². The lowest BCUT2D eigenvalue weighted by Gasteiger charge is -2.33. The Morgan fingerprint density at radius 2 is 1.70 bits per heavy atom. The molecule has 2 unspecified atom stereocenters. The molecule has 0 bridgehead atoms. The smallest absolute Gasteiger partial charge is 0.0627 e. The SMILES string of the molecule is Clc1cccc(C2CCNCC2c2ccccc2)c1Cl. The summed E-state index contributed by atoms with van der Waals surface area (Å²) in [5.41, 5.74) is 2.54. The second-order valence-corrected chi connectivity index (χ2v) is 6.04. The largest absolute Gasteiger partial charge is 0.316 e. The third kappa shape index (κ3) is 2.71. The first kappa shape index (κ1) is 13.9. The lowest BCUT2D eigenvalue weighted by Crippen LogP contribution is -2.34. The summed E-state index contributed by atoms with van der Waals surface area (Å²) in [5, 5.41) is 4.85. The van der Waals surface area contributed by atoms with E-state index in [0.717, 1.165) is 19.5 Å². The number of piperidine rings is 1. The number of halogens is 2. The fourth-order valence-corrected chi connectivity index (χ4v) is 3.54. The Hall–Kier alpha value is -1.02. The second kappa shape index (κ2) is 6.17. The summed E-state index contributed by atoms with van der Waals surface area (Å²) in [6.07, 6.45) is 1.08. The van der Waals surface area contributed by atoms with E-state index in [0.29, 0.717) is 21.9 Å². The van der Waals surface area contributed by atoms with Crippen LogP contribution in [0, 0.1) is 0 Å². The van der Waals surface area contributed by atoms with Gasteiger partial charge in [0.25, 0.3) is 0 Å². The van der Waals surface area contributed by atoms with Gasteiger partial charge in [-0.15, -0.1) is 0 Å². The second-order valence-electron chi connectivity index (χ2n) is 5.26. The molecule has 0 radical (unpaired) electrons. The molecule has 104 valence electrons. The van der Waals surface area contributed by atoms with E-state index in [2.05, 4.69) is 41.7 Å². The summed E-state index contributed by atoms with van der Waals surface area (Å²) in [4.78, 5) is 0. The molecule has 3 rings (SSSR count). The Bertz CT molecular complexity index is 583. The highest BCUT2D eigenvalue weighted by atomic mass is 35.5. The van der Waals surface area contributed by atoms with Crippen molar-refractivity contribution in [3.63, 3.8) is 0 Å². The van der Waals surface area contributed by atoms with Crippen LogP contribution in [0.15, 0.2) is 48.5 Å². The van der Waals surface area contributed by atoms with Crippen molar-refractivity contribution < 1.29 is 0 Å². The molecule has 1 aliphatic heterocycles. The summed E-state index contributed by atoms with van der Waals surface area (Å²) in [5.74, 6) is 0.866. The van der Waals surface area contributed by atoms with Crippen LogP contribution in [0.3, 0.4) is 0 Å². The third-order valence-corrected chi connectivity index (χ3v) is 4.92. The van der Waals surface area contributed by atoms with Gasteiger partial charge in [0.15, 0.2) is 0 Å². The Morgan fingerprint density at radius 3 is 2.50 bits per heavy atom. The van der Waals surface area contributed by atoms with E-state index in [9.17, 15) is 0 Å². The first-order valence-corrected chi connectivity index (χ1v) is 7.72. The van der Waals surface area contributed by atoms with Gasteiger partial charge in [0.05, 0.1) is 10.0 Å². The van der Waals surface area contributed by atoms with Gasteiger partial charge in [0.1, 0.15) is 0 Å². The van der Waals surface area contributed by atoms with E-state index in [4.69, 9.17) is 23.2 Å². The van der Waals surface area contributed by atoms with Crippen LogP contribution in [-0.2, 0) is 0 Å². The van der Waals surface area contributed by atoms with E-state index < -0.39 is 0 Å². The Morgan fingerprint density at radius 1 is 0.900 bits per heavy atom. The Kier molecular flexibility index (Phi) is 4.30. The molecule has 0 amide bonds. The normalized spacial score (nSPS) is 22.7. The highest BCUT2D eigenvalue weighted by Crippen LogP contribution is 2.41. The quantitative estimate of drug-likeness (QED) is 0.836. The van der Waals surface area contributed by atoms with Crippen LogP contribution < -0.4 is 5.32 Å². The van der Waals surface area contributed by atoms with Crippen LogP contribution in [0.2, 0.25) is 10.0 Å². The van der Waals surface area contributed by atoms with E-state index in [1.807, 2.05) is 12.1 Å². The summed E-state index contributed by atoms with van der Waals surface area (Å²) in [6, 6.07) is 16.6. The average Bonchev–Trinajstić information content (AvgIpc) is 2.51. The van der Waals surface area contributed by atoms with Crippen LogP contribution >= 0.6 is 23.2 Å². The van der Waals surface area contributed by atoms with Crippen molar-refractivity contribution in [2.24, 2.45) is 0 Å². The molecule has 0 aromatic heterocycles. The number of hydrogen-bond acceptors (Lipinski definition) is 1. The van der Waals surface area contributed by atoms with Gasteiger partial charge in [0, 0.05) is 12.5 Å². The van der Waals surface area contributed by atoms with Gasteiger partial charge in [0.2, 0.25) is 0 Å². The van der Waals surface area contributed by atoms with Gasteiger partial charge in [-0.05, 0) is 36.1 Å². The monoisotopic (exact) mass is 305 g/mol. The molecule has 1 saturated heterocycles. The maximum Gasteiger partial charge on any atom is 0.0627 e. The van der Waals surface area contributed by atoms with Gasteiger partial charge >= 0.3 is 0 Å². The molecular weight excluding hydrogens is 289 g/mol. The van der Waals surface area contributed by atoms with E-state index in [-0.39, 0.29) is 0 Å². The highest BCUT2D eigenvalue weighted by molar-refractivity contribution is 6.42. The molecule has 0 spiro atoms. The maximum atomic E-state index is 6.43. The molecule has 1 fully saturated rings. The Balaban J connectivity index is 1.99. The molecule has 0 aliphatic carbocycles. The highest BCUT2D eigenvalue weighted by Gasteiger charge is 2.29. The van der Waals surface area contributed by atoms with Gasteiger partial charge in [-0.3, -0.25) is 0 Å². The van der Waals surface area contributed by atoms with Crippen molar-refractivity contribution in [3.05, 3.63) is 69.7 Å². The zero-order valence-electron chi connectivity index (χ0n) is 11.2. The fourth-order valence-electron chi connectivity index (χ4n) is 3.09. The van der Waals surface area contributed by atoms with Crippen molar-refractivity contribution in [1.29, 1.82) is 0 Å². The standard InChI is InChI=1S/C17H17Cl2N/c18-16-8-4-7-14(17(16)19)13-9-10-20-11-15(13)12-5-2-1-3-6-12/h1-8,13,15,20H,9-11H2. The number of benzene rings is 2. The van der Waals surface area contributed by atoms with Gasteiger partial charge in [-0.1, -0.05) is 65.7 Å². The number of nitrogens with one attached hydrogen (secondary N) is 1. The van der Waals surface area contributed by atoms with Crippen molar-refractivity contribution >= 4 is 23.2 Å². The fraction of sp³-hybridized carbons (Fsp3) is 0.294. The summed E-state index contributed by atoms with van der Waals surface area (Å²) in [7, 11) is 0. The molecule has 2 atom stereocenters. The zero-order valence-corrected chi connectivity index (χ0v) is 12.7. The topological polar surface area (TPSA) is 12.0 Å². The predicted molar refractivity (Wildman–Crippen MR) is 85.9 cm³/mol. The number of rotatable bonds is 2. The first-order valence-electron chi connectivity index (χ1n) is 6.97. The van der Waals surface area contributed by atoms with E-state index in [1.165, 1.54) is 11.1 Å². The van der Waals surface area contributed by atoms with Gasteiger partial charge < -0.3 is 5.32 Å². The first-order chi connectivity index (χ1) is 9.77. The molecule has 0 saturated carbocycles. The summed E-state index contributed by atoms with van der Waals surface area (Å²) >= 11 is 12.6. The third-order valence-electron chi connectivity index (χ3n) is 4.09. The minimum atomic E-state index is 0.421. The molecule has 1 N–H and O–H groups in total. The van der Waals surface area contributed by atoms with Crippen molar-refractivity contribution in [3.8, 4) is 0 Å². The molecule has 20 heavy (non-hydrogen) atoms. The van der Waals surface area contributed by atoms with Crippen LogP contribution in [-0.4, -0.2) is 13.1 Å². The van der Waals surface area contributed by atoms with Gasteiger partial charge in [-0.25, -0.2) is 0 Å². The van der Waals surface area contributed by atoms with Crippen LogP contribution in [0.25, 0.3) is 0 Å². The molecule has 1 nitrogen and oxygen atoms in total. The zero-order chi connectivity index (χ0) is 13.9. The Labute approximate surface area is 129 Å². The molecule has 2 aromatic rings.